The highest BCUT2D eigenvalue weighted by Gasteiger charge is 2.12. The number of aryl methyl sites for hydroxylation is 1. The number of methoxy groups -OCH3 is 1. The van der Waals surface area contributed by atoms with Crippen LogP contribution >= 0.6 is 11.6 Å². The third kappa shape index (κ3) is 4.43. The smallest absolute Gasteiger partial charge is 0.316 e. The third-order valence-electron chi connectivity index (χ3n) is 3.89. The largest absolute Gasteiger partial charge is 0.490 e. The van der Waals surface area contributed by atoms with Crippen LogP contribution in [0.5, 0.6) is 5.75 Å². The summed E-state index contributed by atoms with van der Waals surface area (Å²) in [4.78, 5) is 16.1. The zero-order valence-corrected chi connectivity index (χ0v) is 15.3. The summed E-state index contributed by atoms with van der Waals surface area (Å²) < 4.78 is 33.6. The van der Waals surface area contributed by atoms with Crippen LogP contribution in [0.15, 0.2) is 47.4 Å². The Hall–Kier alpha value is -2.93. The summed E-state index contributed by atoms with van der Waals surface area (Å²) in [5, 5.41) is 3.64. The molecule has 8 heteroatoms. The molecular weight excluding hydrogens is 376 g/mol. The van der Waals surface area contributed by atoms with Crippen molar-refractivity contribution in [2.24, 2.45) is 0 Å². The predicted octanol–water partition coefficient (Wildman–Crippen LogP) is 4.28. The topological polar surface area (TPSA) is 56.1 Å². The molecule has 0 atom stereocenters. The van der Waals surface area contributed by atoms with E-state index in [2.05, 4.69) is 10.3 Å². The number of benzene rings is 2. The quantitative estimate of drug-likeness (QED) is 0.705. The van der Waals surface area contributed by atoms with E-state index >= 15 is 0 Å². The molecule has 0 unspecified atom stereocenters. The highest BCUT2D eigenvalue weighted by Crippen LogP contribution is 2.23. The van der Waals surface area contributed by atoms with E-state index in [9.17, 15) is 13.6 Å². The predicted molar refractivity (Wildman–Crippen MR) is 100.0 cm³/mol. The maximum Gasteiger partial charge on any atom is 0.316 e. The van der Waals surface area contributed by atoms with Crippen molar-refractivity contribution < 1.29 is 13.5 Å². The number of hydrogen-bond acceptors (Lipinski definition) is 4. The number of nitrogens with zero attached hydrogens (tertiary/aromatic N) is 2. The minimum absolute atomic E-state index is 0.0188. The second-order valence-electron chi connectivity index (χ2n) is 5.93. The Labute approximate surface area is 159 Å². The van der Waals surface area contributed by atoms with Crippen molar-refractivity contribution in [2.45, 2.75) is 13.5 Å². The molecule has 0 saturated heterocycles. The van der Waals surface area contributed by atoms with Gasteiger partial charge in [-0.2, -0.15) is 4.98 Å². The molecule has 0 aliphatic heterocycles. The van der Waals surface area contributed by atoms with Gasteiger partial charge >= 0.3 is 5.56 Å². The van der Waals surface area contributed by atoms with Gasteiger partial charge in [0.2, 0.25) is 11.7 Å². The molecular formula is C19H16ClF2N3O2. The van der Waals surface area contributed by atoms with Gasteiger partial charge in [-0.05, 0) is 48.4 Å². The van der Waals surface area contributed by atoms with Crippen LogP contribution in [-0.4, -0.2) is 16.7 Å². The Kier molecular flexibility index (Phi) is 5.41. The van der Waals surface area contributed by atoms with E-state index in [1.807, 2.05) is 6.92 Å². The first kappa shape index (κ1) is 18.8. The number of aromatic nitrogens is 2. The molecule has 27 heavy (non-hydrogen) atoms. The van der Waals surface area contributed by atoms with Crippen molar-refractivity contribution in [3.63, 3.8) is 0 Å². The summed E-state index contributed by atoms with van der Waals surface area (Å²) >= 11 is 5.97. The number of halogens is 3. The molecule has 0 fully saturated rings. The fourth-order valence-corrected chi connectivity index (χ4v) is 2.85. The van der Waals surface area contributed by atoms with Gasteiger partial charge in [0.25, 0.3) is 0 Å². The van der Waals surface area contributed by atoms with E-state index < -0.39 is 17.2 Å². The highest BCUT2D eigenvalue weighted by atomic mass is 35.5. The maximum absolute atomic E-state index is 13.5. The lowest BCUT2D eigenvalue weighted by atomic mass is 10.2. The number of ether oxygens (including phenoxy) is 1. The lowest BCUT2D eigenvalue weighted by molar-refractivity contribution is 0.402. The summed E-state index contributed by atoms with van der Waals surface area (Å²) in [5.74, 6) is -1.15. The second-order valence-corrected chi connectivity index (χ2v) is 6.36. The molecule has 3 aromatic rings. The molecule has 1 N–H and O–H groups in total. The Morgan fingerprint density at radius 2 is 1.89 bits per heavy atom. The van der Waals surface area contributed by atoms with Gasteiger partial charge in [-0.3, -0.25) is 4.79 Å². The first-order chi connectivity index (χ1) is 12.9. The Bertz CT molecular complexity index is 1030. The third-order valence-corrected chi connectivity index (χ3v) is 4.13. The van der Waals surface area contributed by atoms with Crippen LogP contribution < -0.4 is 15.6 Å². The van der Waals surface area contributed by atoms with E-state index in [1.165, 1.54) is 25.4 Å². The molecule has 0 radical (unpaired) electrons. The minimum atomic E-state index is -0.686. The summed E-state index contributed by atoms with van der Waals surface area (Å²) in [6.07, 6.45) is 1.44. The summed E-state index contributed by atoms with van der Waals surface area (Å²) in [6.45, 7) is 1.93. The Morgan fingerprint density at radius 1 is 1.19 bits per heavy atom. The fraction of sp³-hybridized carbons (Fsp3) is 0.158. The van der Waals surface area contributed by atoms with Gasteiger partial charge < -0.3 is 14.6 Å². The normalized spacial score (nSPS) is 10.7. The highest BCUT2D eigenvalue weighted by molar-refractivity contribution is 6.30. The van der Waals surface area contributed by atoms with Crippen LogP contribution in [0.3, 0.4) is 0 Å². The zero-order valence-electron chi connectivity index (χ0n) is 14.6. The van der Waals surface area contributed by atoms with Crippen LogP contribution in [0.1, 0.15) is 11.1 Å². The number of hydrogen-bond donors (Lipinski definition) is 1. The summed E-state index contributed by atoms with van der Waals surface area (Å²) in [6, 6.07) is 8.43. The minimum Gasteiger partial charge on any atom is -0.490 e. The van der Waals surface area contributed by atoms with Gasteiger partial charge in [0.1, 0.15) is 11.6 Å². The molecule has 1 heterocycles. The van der Waals surface area contributed by atoms with Gasteiger partial charge in [0, 0.05) is 16.8 Å². The van der Waals surface area contributed by atoms with E-state index in [4.69, 9.17) is 16.3 Å². The van der Waals surface area contributed by atoms with Gasteiger partial charge in [-0.25, -0.2) is 8.78 Å². The van der Waals surface area contributed by atoms with Crippen LogP contribution in [0, 0.1) is 18.6 Å². The number of rotatable bonds is 5. The van der Waals surface area contributed by atoms with Crippen molar-refractivity contribution in [2.75, 3.05) is 12.4 Å². The van der Waals surface area contributed by atoms with Crippen LogP contribution in [0.2, 0.25) is 5.02 Å². The fourth-order valence-electron chi connectivity index (χ4n) is 2.62. The molecule has 0 aliphatic carbocycles. The van der Waals surface area contributed by atoms with Crippen LogP contribution in [0.4, 0.5) is 20.4 Å². The van der Waals surface area contributed by atoms with Gasteiger partial charge in [0.15, 0.2) is 0 Å². The van der Waals surface area contributed by atoms with E-state index in [-0.39, 0.29) is 18.2 Å². The first-order valence-corrected chi connectivity index (χ1v) is 8.37. The molecule has 3 rings (SSSR count). The Morgan fingerprint density at radius 3 is 2.52 bits per heavy atom. The lowest BCUT2D eigenvalue weighted by Gasteiger charge is -2.16. The van der Waals surface area contributed by atoms with Gasteiger partial charge in [0.05, 0.1) is 19.9 Å². The van der Waals surface area contributed by atoms with Crippen molar-refractivity contribution >= 4 is 23.2 Å². The van der Waals surface area contributed by atoms with Crippen LogP contribution in [-0.2, 0) is 6.54 Å². The summed E-state index contributed by atoms with van der Waals surface area (Å²) in [5.41, 5.74) is 1.34. The average molecular weight is 392 g/mol. The molecule has 0 bridgehead atoms. The molecule has 0 spiro atoms. The van der Waals surface area contributed by atoms with E-state index in [1.54, 1.807) is 22.8 Å². The van der Waals surface area contributed by atoms with Crippen LogP contribution in [0.25, 0.3) is 0 Å². The molecule has 0 saturated carbocycles. The monoisotopic (exact) mass is 391 g/mol. The first-order valence-electron chi connectivity index (χ1n) is 7.99. The average Bonchev–Trinajstić information content (AvgIpc) is 2.58. The van der Waals surface area contributed by atoms with Gasteiger partial charge in [-0.15, -0.1) is 0 Å². The van der Waals surface area contributed by atoms with Crippen molar-refractivity contribution in [1.82, 2.24) is 9.55 Å². The SMILES string of the molecule is COc1cn(Cc2cc(F)cc(F)c2)c(Nc2ccc(Cl)cc2C)nc1=O. The molecule has 5 nitrogen and oxygen atoms in total. The zero-order chi connectivity index (χ0) is 19.6. The molecule has 140 valence electrons. The lowest BCUT2D eigenvalue weighted by Crippen LogP contribution is -2.19. The number of anilines is 2. The van der Waals surface area contributed by atoms with E-state index in [0.717, 1.165) is 11.6 Å². The Balaban J connectivity index is 2.04. The van der Waals surface area contributed by atoms with Crippen molar-refractivity contribution in [3.8, 4) is 5.75 Å². The molecule has 2 aromatic carbocycles. The van der Waals surface area contributed by atoms with Gasteiger partial charge in [-0.1, -0.05) is 11.6 Å². The number of nitrogens with one attached hydrogen (secondary N) is 1. The maximum atomic E-state index is 13.5. The standard InChI is InChI=1S/C19H16ClF2N3O2/c1-11-5-13(20)3-4-16(11)23-19-24-18(26)17(27-2)10-25(19)9-12-6-14(21)8-15(22)7-12/h3-8,10H,9H2,1-2H3,(H,23,24,26). The molecule has 1 aromatic heterocycles. The molecule has 0 aliphatic rings. The molecule has 0 amide bonds. The van der Waals surface area contributed by atoms with E-state index in [0.29, 0.717) is 16.3 Å². The van der Waals surface area contributed by atoms with Crippen molar-refractivity contribution in [1.29, 1.82) is 0 Å². The summed E-state index contributed by atoms with van der Waals surface area (Å²) in [7, 11) is 1.35. The van der Waals surface area contributed by atoms with Crippen molar-refractivity contribution in [3.05, 3.63) is 80.7 Å². The second kappa shape index (κ2) is 7.75.